The maximum absolute atomic E-state index is 2.50. The average Bonchev–Trinajstić information content (AvgIpc) is 3.67. The number of fused-ring (bicyclic) bond motifs is 7. The highest BCUT2D eigenvalue weighted by molar-refractivity contribution is 6.10. The molecule has 2 nitrogen and oxygen atoms in total. The van der Waals surface area contributed by atoms with Crippen molar-refractivity contribution in [3.05, 3.63) is 209 Å². The monoisotopic (exact) mass is 858 g/mol. The second kappa shape index (κ2) is 14.9. The summed E-state index contributed by atoms with van der Waals surface area (Å²) < 4.78 is 0. The molecule has 0 spiro atoms. The lowest BCUT2D eigenvalue weighted by Crippen LogP contribution is -2.19. The Hall–Kier alpha value is -6.64. The summed E-state index contributed by atoms with van der Waals surface area (Å²) in [6.07, 6.45) is 6.96. The number of rotatable bonds is 6. The average molecular weight is 859 g/mol. The molecule has 0 amide bonds. The van der Waals surface area contributed by atoms with Crippen molar-refractivity contribution in [3.63, 3.8) is 0 Å². The smallest absolute Gasteiger partial charge is 0.0468 e. The Morgan fingerprint density at radius 1 is 0.394 bits per heavy atom. The lowest BCUT2D eigenvalue weighted by Gasteiger charge is -2.33. The number of hydrogen-bond acceptors (Lipinski definition) is 2. The summed E-state index contributed by atoms with van der Waals surface area (Å²) in [6.45, 7) is 23.9. The van der Waals surface area contributed by atoms with Gasteiger partial charge >= 0.3 is 0 Å². The minimum Gasteiger partial charge on any atom is -0.310 e. The SMILES string of the molecule is CC(C)(C)c1c2ccc(N(c3ccccc3)c3ccc4c(c3)C(C)(C)C3=C4CCC=C3)cc2c(C(C)(C)C)c2cc(N(c3ccccc3)c3ccc4c(c3)C(C)(C)c3ccccc3-4)ccc12. The molecule has 0 aromatic heterocycles. The van der Waals surface area contributed by atoms with Gasteiger partial charge < -0.3 is 9.80 Å². The Bertz CT molecular complexity index is 3310. The molecule has 2 heteroatoms. The fraction of sp³-hybridized carbons (Fsp3) is 0.250. The third kappa shape index (κ3) is 6.51. The van der Waals surface area contributed by atoms with Crippen molar-refractivity contribution in [1.29, 1.82) is 0 Å². The van der Waals surface area contributed by atoms with Crippen molar-refractivity contribution in [2.24, 2.45) is 0 Å². The van der Waals surface area contributed by atoms with E-state index in [1.807, 2.05) is 0 Å². The normalized spacial score (nSPS) is 15.7. The van der Waals surface area contributed by atoms with E-state index in [9.17, 15) is 0 Å². The van der Waals surface area contributed by atoms with Crippen LogP contribution in [-0.2, 0) is 21.7 Å². The van der Waals surface area contributed by atoms with E-state index in [1.165, 1.54) is 88.6 Å². The number of allylic oxidation sites excluding steroid dienone is 4. The number of nitrogens with zero attached hydrogens (tertiary/aromatic N) is 2. The quantitative estimate of drug-likeness (QED) is 0.154. The topological polar surface area (TPSA) is 6.48 Å². The van der Waals surface area contributed by atoms with Crippen LogP contribution in [0.2, 0.25) is 0 Å². The van der Waals surface area contributed by atoms with E-state index >= 15 is 0 Å². The van der Waals surface area contributed by atoms with Crippen LogP contribution in [0.1, 0.15) is 115 Å². The molecule has 66 heavy (non-hydrogen) atoms. The van der Waals surface area contributed by atoms with Crippen molar-refractivity contribution >= 4 is 61.2 Å². The molecule has 0 saturated carbocycles. The van der Waals surface area contributed by atoms with E-state index < -0.39 is 0 Å². The van der Waals surface area contributed by atoms with Crippen LogP contribution < -0.4 is 9.80 Å². The first-order valence-electron chi connectivity index (χ1n) is 24.1. The summed E-state index contributed by atoms with van der Waals surface area (Å²) in [4.78, 5) is 4.95. The first-order valence-corrected chi connectivity index (χ1v) is 24.1. The van der Waals surface area contributed by atoms with Crippen molar-refractivity contribution < 1.29 is 0 Å². The minimum atomic E-state index is -0.182. The highest BCUT2D eigenvalue weighted by Gasteiger charge is 2.39. The van der Waals surface area contributed by atoms with Gasteiger partial charge in [0.05, 0.1) is 0 Å². The van der Waals surface area contributed by atoms with E-state index in [-0.39, 0.29) is 21.7 Å². The summed E-state index contributed by atoms with van der Waals surface area (Å²) >= 11 is 0. The van der Waals surface area contributed by atoms with E-state index in [1.54, 1.807) is 0 Å². The van der Waals surface area contributed by atoms with Crippen LogP contribution in [0.25, 0.3) is 38.2 Å². The zero-order valence-corrected chi connectivity index (χ0v) is 40.5. The van der Waals surface area contributed by atoms with Crippen LogP contribution in [0.5, 0.6) is 0 Å². The van der Waals surface area contributed by atoms with Crippen LogP contribution in [0.4, 0.5) is 34.1 Å². The van der Waals surface area contributed by atoms with Gasteiger partial charge in [-0.15, -0.1) is 0 Å². The molecule has 0 bridgehead atoms. The maximum atomic E-state index is 2.50. The van der Waals surface area contributed by atoms with E-state index in [4.69, 9.17) is 0 Å². The molecular formula is C64H62N2. The third-order valence-corrected chi connectivity index (χ3v) is 15.1. The molecule has 0 radical (unpaired) electrons. The van der Waals surface area contributed by atoms with Gasteiger partial charge in [-0.25, -0.2) is 0 Å². The third-order valence-electron chi connectivity index (χ3n) is 15.1. The maximum Gasteiger partial charge on any atom is 0.0468 e. The predicted octanol–water partition coefficient (Wildman–Crippen LogP) is 18.2. The lowest BCUT2D eigenvalue weighted by atomic mass is 9.74. The molecule has 0 atom stereocenters. The highest BCUT2D eigenvalue weighted by Crippen LogP contribution is 2.54. The lowest BCUT2D eigenvalue weighted by molar-refractivity contribution is 0.593. The summed E-state index contributed by atoms with van der Waals surface area (Å²) in [5.41, 5.74) is 20.5. The Morgan fingerprint density at radius 3 is 1.38 bits per heavy atom. The van der Waals surface area contributed by atoms with Gasteiger partial charge in [0.25, 0.3) is 0 Å². The molecule has 11 rings (SSSR count). The molecule has 0 heterocycles. The Morgan fingerprint density at radius 2 is 0.833 bits per heavy atom. The molecule has 3 aliphatic rings. The van der Waals surface area contributed by atoms with Crippen LogP contribution in [0, 0.1) is 0 Å². The van der Waals surface area contributed by atoms with Crippen molar-refractivity contribution in [1.82, 2.24) is 0 Å². The first kappa shape index (κ1) is 42.0. The molecule has 0 fully saturated rings. The van der Waals surface area contributed by atoms with Crippen molar-refractivity contribution in [2.75, 3.05) is 9.80 Å². The number of anilines is 6. The van der Waals surface area contributed by atoms with Crippen LogP contribution in [0.3, 0.4) is 0 Å². The standard InChI is InChI=1S/C64H62N2/c1-61(2,3)59-51-35-31-43(65(41-21-13-11-14-22-41)45-29-33-49-47-25-17-19-27-55(47)63(7,8)57(49)39-45)37-53(51)60(62(4,5)6)54-38-44(32-36-52(54)59)66(42-23-15-12-16-24-42)46-30-34-50-48-26-18-20-28-56(48)64(9,10)58(50)40-46/h11-17,19-25,27-40H,18,26H2,1-10H3. The van der Waals surface area contributed by atoms with E-state index in [2.05, 4.69) is 249 Å². The molecule has 0 saturated heterocycles. The van der Waals surface area contributed by atoms with Gasteiger partial charge in [0.15, 0.2) is 0 Å². The van der Waals surface area contributed by atoms with Gasteiger partial charge in [-0.2, -0.15) is 0 Å². The Kier molecular flexibility index (Phi) is 9.51. The highest BCUT2D eigenvalue weighted by atomic mass is 15.1. The molecular weight excluding hydrogens is 797 g/mol. The first-order chi connectivity index (χ1) is 31.5. The summed E-state index contributed by atoms with van der Waals surface area (Å²) in [6, 6.07) is 59.8. The fourth-order valence-electron chi connectivity index (χ4n) is 12.1. The van der Waals surface area contributed by atoms with Crippen molar-refractivity contribution in [3.8, 4) is 11.1 Å². The summed E-state index contributed by atoms with van der Waals surface area (Å²) in [5, 5.41) is 5.26. The zero-order valence-electron chi connectivity index (χ0n) is 40.5. The summed E-state index contributed by atoms with van der Waals surface area (Å²) in [5.74, 6) is 0. The largest absolute Gasteiger partial charge is 0.310 e. The van der Waals surface area contributed by atoms with Gasteiger partial charge in [0.2, 0.25) is 0 Å². The molecule has 0 N–H and O–H groups in total. The minimum absolute atomic E-state index is 0.0599. The molecule has 0 unspecified atom stereocenters. The molecule has 328 valence electrons. The Balaban J connectivity index is 1.14. The molecule has 8 aromatic rings. The van der Waals surface area contributed by atoms with Crippen molar-refractivity contribution in [2.45, 2.75) is 104 Å². The molecule has 8 aromatic carbocycles. The van der Waals surface area contributed by atoms with Crippen LogP contribution in [0.15, 0.2) is 175 Å². The van der Waals surface area contributed by atoms with Gasteiger partial charge in [-0.05, 0) is 174 Å². The Labute approximate surface area is 393 Å². The van der Waals surface area contributed by atoms with Gasteiger partial charge in [0.1, 0.15) is 0 Å². The fourth-order valence-corrected chi connectivity index (χ4v) is 12.1. The van der Waals surface area contributed by atoms with E-state index in [0.717, 1.165) is 35.6 Å². The number of hydrogen-bond donors (Lipinski definition) is 0. The zero-order chi connectivity index (χ0) is 45.9. The molecule has 3 aliphatic carbocycles. The number of benzene rings is 8. The second-order valence-corrected chi connectivity index (χ2v) is 22.1. The van der Waals surface area contributed by atoms with Crippen LogP contribution in [-0.4, -0.2) is 0 Å². The van der Waals surface area contributed by atoms with Crippen LogP contribution >= 0.6 is 0 Å². The predicted molar refractivity (Wildman–Crippen MR) is 284 cm³/mol. The van der Waals surface area contributed by atoms with E-state index in [0.29, 0.717) is 0 Å². The van der Waals surface area contributed by atoms with Gasteiger partial charge in [-0.1, -0.05) is 166 Å². The second-order valence-electron chi connectivity index (χ2n) is 22.1. The summed E-state index contributed by atoms with van der Waals surface area (Å²) in [7, 11) is 0. The number of para-hydroxylation sites is 2. The van der Waals surface area contributed by atoms with Gasteiger partial charge in [-0.3, -0.25) is 0 Å². The van der Waals surface area contributed by atoms with Gasteiger partial charge in [0, 0.05) is 45.0 Å². The molecule has 0 aliphatic heterocycles.